The SMILES string of the molecule is C[C@H](CN(C)CC[C@@H]1CCCCN1C)c1nccs1. The second kappa shape index (κ2) is 7.36. The molecule has 0 bridgehead atoms. The molecule has 0 spiro atoms. The van der Waals surface area contributed by atoms with Crippen LogP contribution < -0.4 is 0 Å². The van der Waals surface area contributed by atoms with E-state index in [1.54, 1.807) is 11.3 Å². The van der Waals surface area contributed by atoms with Gasteiger partial charge in [-0.2, -0.15) is 0 Å². The number of rotatable bonds is 6. The van der Waals surface area contributed by atoms with Gasteiger partial charge < -0.3 is 9.80 Å². The van der Waals surface area contributed by atoms with E-state index in [-0.39, 0.29) is 0 Å². The van der Waals surface area contributed by atoms with Crippen LogP contribution in [0.1, 0.15) is 43.5 Å². The summed E-state index contributed by atoms with van der Waals surface area (Å²) in [6, 6.07) is 0.798. The molecule has 0 amide bonds. The molecule has 3 nitrogen and oxygen atoms in total. The van der Waals surface area contributed by atoms with E-state index in [2.05, 4.69) is 41.2 Å². The zero-order chi connectivity index (χ0) is 13.7. The lowest BCUT2D eigenvalue weighted by Crippen LogP contribution is -2.38. The van der Waals surface area contributed by atoms with Crippen molar-refractivity contribution in [3.05, 3.63) is 16.6 Å². The molecule has 0 aliphatic carbocycles. The van der Waals surface area contributed by atoms with E-state index in [1.807, 2.05) is 6.20 Å². The molecule has 0 radical (unpaired) electrons. The predicted octanol–water partition coefficient (Wildman–Crippen LogP) is 3.05. The molecule has 0 N–H and O–H groups in total. The van der Waals surface area contributed by atoms with E-state index < -0.39 is 0 Å². The van der Waals surface area contributed by atoms with Crippen LogP contribution in [0.15, 0.2) is 11.6 Å². The first kappa shape index (κ1) is 14.9. The van der Waals surface area contributed by atoms with E-state index in [4.69, 9.17) is 0 Å². The lowest BCUT2D eigenvalue weighted by atomic mass is 10.00. The molecule has 1 fully saturated rings. The van der Waals surface area contributed by atoms with Gasteiger partial charge in [0.25, 0.3) is 0 Å². The van der Waals surface area contributed by atoms with Crippen molar-refractivity contribution in [2.45, 2.75) is 44.6 Å². The van der Waals surface area contributed by atoms with Crippen molar-refractivity contribution in [3.63, 3.8) is 0 Å². The molecule has 108 valence electrons. The Hall–Kier alpha value is -0.450. The van der Waals surface area contributed by atoms with Gasteiger partial charge in [0.2, 0.25) is 0 Å². The smallest absolute Gasteiger partial charge is 0.0965 e. The quantitative estimate of drug-likeness (QED) is 0.799. The van der Waals surface area contributed by atoms with Crippen LogP contribution in [0.3, 0.4) is 0 Å². The number of aromatic nitrogens is 1. The van der Waals surface area contributed by atoms with Gasteiger partial charge in [-0.25, -0.2) is 4.98 Å². The van der Waals surface area contributed by atoms with Gasteiger partial charge in [-0.15, -0.1) is 11.3 Å². The summed E-state index contributed by atoms with van der Waals surface area (Å²) in [7, 11) is 4.52. The van der Waals surface area contributed by atoms with Crippen LogP contribution in [0, 0.1) is 0 Å². The zero-order valence-corrected chi connectivity index (χ0v) is 13.3. The molecule has 0 aromatic carbocycles. The van der Waals surface area contributed by atoms with Gasteiger partial charge in [-0.05, 0) is 46.4 Å². The Balaban J connectivity index is 1.70. The second-order valence-electron chi connectivity index (χ2n) is 5.95. The van der Waals surface area contributed by atoms with Crippen molar-refractivity contribution in [1.29, 1.82) is 0 Å². The largest absolute Gasteiger partial charge is 0.306 e. The minimum absolute atomic E-state index is 0.550. The van der Waals surface area contributed by atoms with Crippen LogP contribution in [0.5, 0.6) is 0 Å². The van der Waals surface area contributed by atoms with Crippen LogP contribution >= 0.6 is 11.3 Å². The third-order valence-corrected chi connectivity index (χ3v) is 5.23. The summed E-state index contributed by atoms with van der Waals surface area (Å²) >= 11 is 1.77. The third kappa shape index (κ3) is 4.55. The highest BCUT2D eigenvalue weighted by Crippen LogP contribution is 2.20. The van der Waals surface area contributed by atoms with Gasteiger partial charge in [0.1, 0.15) is 0 Å². The van der Waals surface area contributed by atoms with Crippen LogP contribution in [0.4, 0.5) is 0 Å². The maximum Gasteiger partial charge on any atom is 0.0965 e. The molecule has 19 heavy (non-hydrogen) atoms. The number of nitrogens with zero attached hydrogens (tertiary/aromatic N) is 3. The second-order valence-corrected chi connectivity index (χ2v) is 6.88. The first-order valence-electron chi connectivity index (χ1n) is 7.45. The van der Waals surface area contributed by atoms with Crippen molar-refractivity contribution in [3.8, 4) is 0 Å². The lowest BCUT2D eigenvalue weighted by molar-refractivity contribution is 0.159. The number of piperidine rings is 1. The standard InChI is InChI=1S/C15H27N3S/c1-13(15-16-8-11-19-15)12-17(2)10-7-14-6-4-5-9-18(14)3/h8,11,13-14H,4-7,9-10,12H2,1-3H3/t13-,14+/m1/s1. The molecule has 0 unspecified atom stereocenters. The predicted molar refractivity (Wildman–Crippen MR) is 82.9 cm³/mol. The molecule has 0 saturated carbocycles. The molecular weight excluding hydrogens is 254 g/mol. The van der Waals surface area contributed by atoms with Crippen molar-refractivity contribution < 1.29 is 0 Å². The highest BCUT2D eigenvalue weighted by molar-refractivity contribution is 7.09. The molecule has 2 atom stereocenters. The topological polar surface area (TPSA) is 19.4 Å². The van der Waals surface area contributed by atoms with Crippen LogP contribution in [-0.4, -0.2) is 54.6 Å². The molecular formula is C15H27N3S. The summed E-state index contributed by atoms with van der Waals surface area (Å²) < 4.78 is 0. The first-order valence-corrected chi connectivity index (χ1v) is 8.33. The Morgan fingerprint density at radius 2 is 2.37 bits per heavy atom. The van der Waals surface area contributed by atoms with Gasteiger partial charge in [-0.3, -0.25) is 0 Å². The van der Waals surface area contributed by atoms with E-state index >= 15 is 0 Å². The van der Waals surface area contributed by atoms with Crippen LogP contribution in [-0.2, 0) is 0 Å². The highest BCUT2D eigenvalue weighted by Gasteiger charge is 2.19. The average molecular weight is 281 g/mol. The molecule has 2 rings (SSSR count). The number of hydrogen-bond acceptors (Lipinski definition) is 4. The monoisotopic (exact) mass is 281 g/mol. The Kier molecular flexibility index (Phi) is 5.79. The van der Waals surface area contributed by atoms with Gasteiger partial charge in [-0.1, -0.05) is 13.3 Å². The van der Waals surface area contributed by atoms with E-state index in [9.17, 15) is 0 Å². The minimum Gasteiger partial charge on any atom is -0.306 e. The molecule has 2 heterocycles. The van der Waals surface area contributed by atoms with Crippen molar-refractivity contribution >= 4 is 11.3 Å². The Morgan fingerprint density at radius 3 is 3.05 bits per heavy atom. The highest BCUT2D eigenvalue weighted by atomic mass is 32.1. The van der Waals surface area contributed by atoms with Crippen LogP contribution in [0.2, 0.25) is 0 Å². The Labute approximate surface area is 121 Å². The summed E-state index contributed by atoms with van der Waals surface area (Å²) in [6.45, 7) is 5.88. The van der Waals surface area contributed by atoms with Gasteiger partial charge in [0.05, 0.1) is 5.01 Å². The summed E-state index contributed by atoms with van der Waals surface area (Å²) in [6.07, 6.45) is 7.38. The van der Waals surface area contributed by atoms with E-state index in [1.165, 1.54) is 43.8 Å². The molecule has 1 aromatic rings. The maximum atomic E-state index is 4.41. The molecule has 4 heteroatoms. The van der Waals surface area contributed by atoms with E-state index in [0.29, 0.717) is 5.92 Å². The lowest BCUT2D eigenvalue weighted by Gasteiger charge is -2.33. The molecule has 1 aliphatic rings. The summed E-state index contributed by atoms with van der Waals surface area (Å²) in [5.74, 6) is 0.550. The zero-order valence-electron chi connectivity index (χ0n) is 12.5. The normalized spacial score (nSPS) is 22.8. The average Bonchev–Trinajstić information content (AvgIpc) is 2.91. The molecule has 1 saturated heterocycles. The maximum absolute atomic E-state index is 4.41. The van der Waals surface area contributed by atoms with Crippen molar-refractivity contribution in [2.75, 3.05) is 33.7 Å². The number of likely N-dealkylation sites (tertiary alicyclic amines) is 1. The van der Waals surface area contributed by atoms with Crippen molar-refractivity contribution in [2.24, 2.45) is 0 Å². The summed E-state index contributed by atoms with van der Waals surface area (Å²) in [5.41, 5.74) is 0. The van der Waals surface area contributed by atoms with E-state index in [0.717, 1.165) is 12.6 Å². The fourth-order valence-corrected chi connectivity index (χ4v) is 3.68. The number of hydrogen-bond donors (Lipinski definition) is 0. The third-order valence-electron chi connectivity index (χ3n) is 4.22. The number of thiazole rings is 1. The van der Waals surface area contributed by atoms with Gasteiger partial charge >= 0.3 is 0 Å². The Morgan fingerprint density at radius 1 is 1.53 bits per heavy atom. The van der Waals surface area contributed by atoms with Gasteiger partial charge in [0.15, 0.2) is 0 Å². The fourth-order valence-electron chi connectivity index (χ4n) is 2.99. The minimum atomic E-state index is 0.550. The first-order chi connectivity index (χ1) is 9.16. The van der Waals surface area contributed by atoms with Crippen LogP contribution in [0.25, 0.3) is 0 Å². The molecule has 1 aromatic heterocycles. The number of likely N-dealkylation sites (N-methyl/N-ethyl adjacent to an activating group) is 1. The van der Waals surface area contributed by atoms with Gasteiger partial charge in [0, 0.05) is 30.1 Å². The molecule has 1 aliphatic heterocycles. The summed E-state index contributed by atoms with van der Waals surface area (Å²) in [5, 5.41) is 3.34. The summed E-state index contributed by atoms with van der Waals surface area (Å²) in [4.78, 5) is 9.42. The Bertz CT molecular complexity index is 352. The van der Waals surface area contributed by atoms with Crippen molar-refractivity contribution in [1.82, 2.24) is 14.8 Å². The fraction of sp³-hybridized carbons (Fsp3) is 0.800.